The lowest BCUT2D eigenvalue weighted by molar-refractivity contribution is -0.136. The molecule has 5 heteroatoms. The molecule has 98 valence electrons. The van der Waals surface area contributed by atoms with Gasteiger partial charge in [-0.25, -0.2) is 0 Å². The molecule has 0 aromatic heterocycles. The smallest absolute Gasteiger partial charge is 0.307 e. The van der Waals surface area contributed by atoms with Gasteiger partial charge in [-0.3, -0.25) is 4.79 Å². The number of anilines is 1. The monoisotopic (exact) mass is 337 g/mol. The highest BCUT2D eigenvalue weighted by Crippen LogP contribution is 2.33. The van der Waals surface area contributed by atoms with E-state index in [-0.39, 0.29) is 6.42 Å². The average Bonchev–Trinajstić information content (AvgIpc) is 2.34. The second kappa shape index (κ2) is 6.12. The number of aliphatic carboxylic acids is 1. The van der Waals surface area contributed by atoms with E-state index in [0.29, 0.717) is 5.69 Å². The fraction of sp³-hybridized carbons (Fsp3) is 0.0714. The number of hydrogen-bond acceptors (Lipinski definition) is 3. The Bertz CT molecular complexity index is 599. The van der Waals surface area contributed by atoms with Gasteiger partial charge in [0.25, 0.3) is 0 Å². The molecule has 0 saturated carbocycles. The molecule has 2 aromatic rings. The maximum atomic E-state index is 10.6. The van der Waals surface area contributed by atoms with Gasteiger partial charge in [0.15, 0.2) is 0 Å². The Morgan fingerprint density at radius 1 is 1.21 bits per heavy atom. The topological polar surface area (TPSA) is 63.3 Å². The number of benzene rings is 2. The Kier molecular flexibility index (Phi) is 4.50. The van der Waals surface area contributed by atoms with Crippen molar-refractivity contribution in [2.45, 2.75) is 16.2 Å². The number of nitrogens with two attached hydrogens (primary N) is 1. The van der Waals surface area contributed by atoms with Crippen molar-refractivity contribution in [1.29, 1.82) is 0 Å². The quantitative estimate of drug-likeness (QED) is 0.832. The summed E-state index contributed by atoms with van der Waals surface area (Å²) in [6.45, 7) is 0. The van der Waals surface area contributed by atoms with E-state index in [1.807, 2.05) is 42.5 Å². The van der Waals surface area contributed by atoms with Crippen molar-refractivity contribution in [3.05, 3.63) is 52.5 Å². The molecular weight excluding hydrogens is 326 g/mol. The molecule has 0 aliphatic rings. The highest BCUT2D eigenvalue weighted by molar-refractivity contribution is 9.10. The van der Waals surface area contributed by atoms with E-state index in [4.69, 9.17) is 10.8 Å². The van der Waals surface area contributed by atoms with Gasteiger partial charge in [0.05, 0.1) is 6.42 Å². The van der Waals surface area contributed by atoms with Crippen molar-refractivity contribution in [3.63, 3.8) is 0 Å². The van der Waals surface area contributed by atoms with Crippen LogP contribution in [-0.4, -0.2) is 11.1 Å². The molecule has 0 bridgehead atoms. The van der Waals surface area contributed by atoms with Crippen molar-refractivity contribution >= 4 is 39.3 Å². The summed E-state index contributed by atoms with van der Waals surface area (Å²) in [7, 11) is 0. The van der Waals surface area contributed by atoms with Crippen LogP contribution in [0.15, 0.2) is 56.7 Å². The first-order valence-corrected chi connectivity index (χ1v) is 7.19. The fourth-order valence-corrected chi connectivity index (χ4v) is 2.81. The minimum atomic E-state index is -0.822. The summed E-state index contributed by atoms with van der Waals surface area (Å²) < 4.78 is 0.950. The standard InChI is InChI=1S/C14H12BrNO2S/c15-10-3-6-13(12(16)8-10)19-11-4-1-9(2-5-11)7-14(17)18/h1-6,8H,7,16H2,(H,17,18). The number of hydrogen-bond donors (Lipinski definition) is 2. The Labute approximate surface area is 124 Å². The Balaban J connectivity index is 2.13. The van der Waals surface area contributed by atoms with Crippen molar-refractivity contribution in [3.8, 4) is 0 Å². The van der Waals surface area contributed by atoms with Crippen molar-refractivity contribution in [1.82, 2.24) is 0 Å². The maximum absolute atomic E-state index is 10.6. The Morgan fingerprint density at radius 2 is 1.89 bits per heavy atom. The van der Waals surface area contributed by atoms with E-state index in [1.54, 1.807) is 11.8 Å². The van der Waals surface area contributed by atoms with Gasteiger partial charge in [-0.2, -0.15) is 0 Å². The zero-order valence-electron chi connectivity index (χ0n) is 9.97. The number of carboxylic acids is 1. The highest BCUT2D eigenvalue weighted by Gasteiger charge is 2.04. The minimum Gasteiger partial charge on any atom is -0.481 e. The van der Waals surface area contributed by atoms with Crippen LogP contribution >= 0.6 is 27.7 Å². The van der Waals surface area contributed by atoms with Gasteiger partial charge in [0, 0.05) is 20.0 Å². The SMILES string of the molecule is Nc1cc(Br)ccc1Sc1ccc(CC(=O)O)cc1. The molecule has 0 fully saturated rings. The van der Waals surface area contributed by atoms with Gasteiger partial charge in [0.1, 0.15) is 0 Å². The normalized spacial score (nSPS) is 10.4. The van der Waals surface area contributed by atoms with Gasteiger partial charge in [-0.1, -0.05) is 39.8 Å². The first kappa shape index (κ1) is 14.0. The molecule has 0 atom stereocenters. The second-order valence-corrected chi connectivity index (χ2v) is 6.03. The highest BCUT2D eigenvalue weighted by atomic mass is 79.9. The van der Waals surface area contributed by atoms with Crippen LogP contribution < -0.4 is 5.73 Å². The van der Waals surface area contributed by atoms with Crippen LogP contribution in [0, 0.1) is 0 Å². The molecular formula is C14H12BrNO2S. The van der Waals surface area contributed by atoms with Crippen LogP contribution in [0.5, 0.6) is 0 Å². The summed E-state index contributed by atoms with van der Waals surface area (Å²) in [5.74, 6) is -0.822. The van der Waals surface area contributed by atoms with Crippen LogP contribution in [0.2, 0.25) is 0 Å². The van der Waals surface area contributed by atoms with E-state index in [2.05, 4.69) is 15.9 Å². The lowest BCUT2D eigenvalue weighted by Gasteiger charge is -2.06. The van der Waals surface area contributed by atoms with Gasteiger partial charge >= 0.3 is 5.97 Å². The minimum absolute atomic E-state index is 0.0470. The Hall–Kier alpha value is -1.46. The van der Waals surface area contributed by atoms with E-state index >= 15 is 0 Å². The van der Waals surface area contributed by atoms with E-state index in [0.717, 1.165) is 19.8 Å². The molecule has 3 N–H and O–H groups in total. The van der Waals surface area contributed by atoms with Crippen LogP contribution in [0.3, 0.4) is 0 Å². The molecule has 0 unspecified atom stereocenters. The van der Waals surface area contributed by atoms with Gasteiger partial charge in [0.2, 0.25) is 0 Å². The largest absolute Gasteiger partial charge is 0.481 e. The zero-order chi connectivity index (χ0) is 13.8. The lowest BCUT2D eigenvalue weighted by atomic mass is 10.2. The number of rotatable bonds is 4. The van der Waals surface area contributed by atoms with Crippen molar-refractivity contribution in [2.24, 2.45) is 0 Å². The molecule has 0 spiro atoms. The van der Waals surface area contributed by atoms with E-state index in [9.17, 15) is 4.79 Å². The molecule has 0 saturated heterocycles. The summed E-state index contributed by atoms with van der Waals surface area (Å²) >= 11 is 4.93. The van der Waals surface area contributed by atoms with Gasteiger partial charge < -0.3 is 10.8 Å². The van der Waals surface area contributed by atoms with Crippen molar-refractivity contribution in [2.75, 3.05) is 5.73 Å². The predicted molar refractivity (Wildman–Crippen MR) is 80.5 cm³/mol. The third-order valence-electron chi connectivity index (χ3n) is 2.48. The lowest BCUT2D eigenvalue weighted by Crippen LogP contribution is -1.99. The first-order valence-electron chi connectivity index (χ1n) is 5.58. The molecule has 0 radical (unpaired) electrons. The Morgan fingerprint density at radius 3 is 2.47 bits per heavy atom. The molecule has 0 aliphatic heterocycles. The maximum Gasteiger partial charge on any atom is 0.307 e. The average molecular weight is 338 g/mol. The zero-order valence-corrected chi connectivity index (χ0v) is 12.4. The molecule has 0 aliphatic carbocycles. The third kappa shape index (κ3) is 4.01. The van der Waals surface area contributed by atoms with E-state index in [1.165, 1.54) is 0 Å². The molecule has 0 heterocycles. The number of halogens is 1. The second-order valence-electron chi connectivity index (χ2n) is 4.00. The number of carboxylic acid groups (broad SMARTS) is 1. The molecule has 19 heavy (non-hydrogen) atoms. The summed E-state index contributed by atoms with van der Waals surface area (Å²) in [5, 5.41) is 8.71. The fourth-order valence-electron chi connectivity index (χ4n) is 1.59. The van der Waals surface area contributed by atoms with Crippen LogP contribution in [0.1, 0.15) is 5.56 Å². The van der Waals surface area contributed by atoms with Crippen LogP contribution in [-0.2, 0) is 11.2 Å². The molecule has 3 nitrogen and oxygen atoms in total. The van der Waals surface area contributed by atoms with Crippen LogP contribution in [0.25, 0.3) is 0 Å². The summed E-state index contributed by atoms with van der Waals surface area (Å²) in [5.41, 5.74) is 7.45. The first-order chi connectivity index (χ1) is 9.04. The summed E-state index contributed by atoms with van der Waals surface area (Å²) in [6.07, 6.45) is 0.0470. The summed E-state index contributed by atoms with van der Waals surface area (Å²) in [4.78, 5) is 12.6. The molecule has 2 rings (SSSR count). The predicted octanol–water partition coefficient (Wildman–Crippen LogP) is 3.81. The molecule has 0 amide bonds. The van der Waals surface area contributed by atoms with E-state index < -0.39 is 5.97 Å². The van der Waals surface area contributed by atoms with Crippen LogP contribution in [0.4, 0.5) is 5.69 Å². The van der Waals surface area contributed by atoms with Crippen molar-refractivity contribution < 1.29 is 9.90 Å². The number of nitrogen functional groups attached to an aromatic ring is 1. The van der Waals surface area contributed by atoms with Gasteiger partial charge in [-0.15, -0.1) is 0 Å². The third-order valence-corrected chi connectivity index (χ3v) is 4.07. The molecule has 2 aromatic carbocycles. The number of carbonyl (C=O) groups is 1. The van der Waals surface area contributed by atoms with Gasteiger partial charge in [-0.05, 0) is 35.9 Å². The summed E-state index contributed by atoms with van der Waals surface area (Å²) in [6, 6.07) is 13.2.